The van der Waals surface area contributed by atoms with E-state index in [9.17, 15) is 4.39 Å². The third-order valence-electron chi connectivity index (χ3n) is 7.66. The van der Waals surface area contributed by atoms with Gasteiger partial charge in [0.1, 0.15) is 5.82 Å². The molecule has 3 aromatic rings. The monoisotopic (exact) mass is 466 g/mol. The first-order chi connectivity index (χ1) is 17.1. The van der Waals surface area contributed by atoms with Crippen LogP contribution in [0.3, 0.4) is 0 Å². The van der Waals surface area contributed by atoms with Gasteiger partial charge in [-0.2, -0.15) is 0 Å². The topological polar surface area (TPSA) is 0 Å². The van der Waals surface area contributed by atoms with Crippen LogP contribution >= 0.6 is 0 Å². The second-order valence-corrected chi connectivity index (χ2v) is 10.2. The zero-order chi connectivity index (χ0) is 24.5. The second-order valence-electron chi connectivity index (χ2n) is 10.2. The molecular formula is C34H39F. The van der Waals surface area contributed by atoms with Gasteiger partial charge in [-0.25, -0.2) is 4.39 Å². The van der Waals surface area contributed by atoms with E-state index in [1.54, 1.807) is 6.07 Å². The summed E-state index contributed by atoms with van der Waals surface area (Å²) in [7, 11) is 0. The Labute approximate surface area is 211 Å². The molecule has 1 fully saturated rings. The van der Waals surface area contributed by atoms with Crippen molar-refractivity contribution in [3.05, 3.63) is 119 Å². The fraction of sp³-hybridized carbons (Fsp3) is 0.353. The molecule has 1 aliphatic carbocycles. The fourth-order valence-electron chi connectivity index (χ4n) is 5.43. The van der Waals surface area contributed by atoms with Crippen molar-refractivity contribution in [2.45, 2.75) is 70.6 Å². The lowest BCUT2D eigenvalue weighted by Crippen LogP contribution is -2.13. The molecule has 0 amide bonds. The summed E-state index contributed by atoms with van der Waals surface area (Å²) < 4.78 is 14.8. The number of halogens is 1. The van der Waals surface area contributed by atoms with Crippen LogP contribution in [-0.4, -0.2) is 0 Å². The molecular weight excluding hydrogens is 427 g/mol. The van der Waals surface area contributed by atoms with E-state index >= 15 is 0 Å². The molecule has 0 heterocycles. The number of allylic oxidation sites excluding steroid dienone is 2. The Morgan fingerprint density at radius 3 is 2.31 bits per heavy atom. The summed E-state index contributed by atoms with van der Waals surface area (Å²) in [4.78, 5) is 0. The highest BCUT2D eigenvalue weighted by atomic mass is 19.1. The summed E-state index contributed by atoms with van der Waals surface area (Å²) in [5.74, 6) is 1.80. The molecule has 182 valence electrons. The summed E-state index contributed by atoms with van der Waals surface area (Å²) in [6, 6.07) is 25.0. The van der Waals surface area contributed by atoms with E-state index in [1.165, 1.54) is 49.7 Å². The van der Waals surface area contributed by atoms with Gasteiger partial charge in [-0.15, -0.1) is 0 Å². The second kappa shape index (κ2) is 12.7. The van der Waals surface area contributed by atoms with Crippen molar-refractivity contribution in [1.82, 2.24) is 0 Å². The van der Waals surface area contributed by atoms with E-state index in [0.29, 0.717) is 17.4 Å². The van der Waals surface area contributed by atoms with E-state index < -0.39 is 0 Å². The summed E-state index contributed by atoms with van der Waals surface area (Å²) >= 11 is 0. The van der Waals surface area contributed by atoms with Gasteiger partial charge >= 0.3 is 0 Å². The third-order valence-corrected chi connectivity index (χ3v) is 7.66. The SMILES string of the molecule is C/C=C/CCC1CCC(c2ccc(/C=C/c3ccc(CC(C)c4ccccc4)cc3F)cc2)CC1. The summed E-state index contributed by atoms with van der Waals surface area (Å²) in [5, 5.41) is 0. The standard InChI is InChI=1S/C34H39F/c1-3-4-6-9-27-12-18-31(19-13-27)32-20-14-28(15-21-32)16-22-33-23-17-29(25-34(33)35)24-26(2)30-10-7-5-8-11-30/h3-5,7-8,10-11,14-17,20-23,25-27,31H,6,9,12-13,18-19,24H2,1-2H3/b4-3+,22-16+. The van der Waals surface area contributed by atoms with Crippen LogP contribution < -0.4 is 0 Å². The minimum absolute atomic E-state index is 0.151. The van der Waals surface area contributed by atoms with Crippen molar-refractivity contribution in [2.75, 3.05) is 0 Å². The summed E-state index contributed by atoms with van der Waals surface area (Å²) in [6.45, 7) is 4.30. The average molecular weight is 467 g/mol. The molecule has 4 rings (SSSR count). The van der Waals surface area contributed by atoms with E-state index in [1.807, 2.05) is 24.3 Å². The normalized spacial score (nSPS) is 19.4. The smallest absolute Gasteiger partial charge is 0.130 e. The van der Waals surface area contributed by atoms with Crippen LogP contribution in [0.4, 0.5) is 4.39 Å². The van der Waals surface area contributed by atoms with Gasteiger partial charge in [0, 0.05) is 5.56 Å². The predicted octanol–water partition coefficient (Wildman–Crippen LogP) is 9.97. The Bertz CT molecular complexity index is 1100. The fourth-order valence-corrected chi connectivity index (χ4v) is 5.43. The molecule has 0 aliphatic heterocycles. The molecule has 35 heavy (non-hydrogen) atoms. The molecule has 1 saturated carbocycles. The molecule has 0 nitrogen and oxygen atoms in total. The molecule has 0 radical (unpaired) electrons. The van der Waals surface area contributed by atoms with E-state index in [-0.39, 0.29) is 5.82 Å². The van der Waals surface area contributed by atoms with Crippen LogP contribution in [0, 0.1) is 11.7 Å². The van der Waals surface area contributed by atoms with Crippen molar-refractivity contribution in [3.63, 3.8) is 0 Å². The maximum absolute atomic E-state index is 14.8. The molecule has 1 unspecified atom stereocenters. The number of hydrogen-bond acceptors (Lipinski definition) is 0. The van der Waals surface area contributed by atoms with Gasteiger partial charge < -0.3 is 0 Å². The highest BCUT2D eigenvalue weighted by Gasteiger charge is 2.21. The first kappa shape index (κ1) is 25.2. The lowest BCUT2D eigenvalue weighted by atomic mass is 9.77. The predicted molar refractivity (Wildman–Crippen MR) is 149 cm³/mol. The Kier molecular flexibility index (Phi) is 9.12. The molecule has 0 saturated heterocycles. The number of benzene rings is 3. The van der Waals surface area contributed by atoms with Crippen LogP contribution in [0.5, 0.6) is 0 Å². The zero-order valence-electron chi connectivity index (χ0n) is 21.3. The zero-order valence-corrected chi connectivity index (χ0v) is 21.3. The molecule has 3 aromatic carbocycles. The lowest BCUT2D eigenvalue weighted by Gasteiger charge is -2.28. The van der Waals surface area contributed by atoms with Gasteiger partial charge in [0.05, 0.1) is 0 Å². The molecule has 0 aromatic heterocycles. The Balaban J connectivity index is 1.31. The summed E-state index contributed by atoms with van der Waals surface area (Å²) in [5.41, 5.74) is 5.54. The third kappa shape index (κ3) is 7.28. The van der Waals surface area contributed by atoms with Crippen molar-refractivity contribution in [2.24, 2.45) is 5.92 Å². The number of hydrogen-bond donors (Lipinski definition) is 0. The molecule has 1 aliphatic rings. The Morgan fingerprint density at radius 2 is 1.63 bits per heavy atom. The quantitative estimate of drug-likeness (QED) is 0.217. The largest absolute Gasteiger partial charge is 0.206 e. The van der Waals surface area contributed by atoms with Gasteiger partial charge in [0.15, 0.2) is 0 Å². The molecule has 0 N–H and O–H groups in total. The molecule has 0 spiro atoms. The van der Waals surface area contributed by atoms with Crippen LogP contribution in [0.25, 0.3) is 12.2 Å². The maximum atomic E-state index is 14.8. The van der Waals surface area contributed by atoms with Gasteiger partial charge in [-0.1, -0.05) is 98.0 Å². The first-order valence-corrected chi connectivity index (χ1v) is 13.3. The lowest BCUT2D eigenvalue weighted by molar-refractivity contribution is 0.312. The van der Waals surface area contributed by atoms with Gasteiger partial charge in [-0.05, 0) is 97.9 Å². The highest BCUT2D eigenvalue weighted by molar-refractivity contribution is 5.70. The highest BCUT2D eigenvalue weighted by Crippen LogP contribution is 2.37. The Hall–Kier alpha value is -2.93. The molecule has 1 atom stereocenters. The van der Waals surface area contributed by atoms with Crippen molar-refractivity contribution in [3.8, 4) is 0 Å². The minimum atomic E-state index is -0.151. The van der Waals surface area contributed by atoms with Crippen LogP contribution in [0.1, 0.15) is 92.0 Å². The van der Waals surface area contributed by atoms with Crippen LogP contribution in [-0.2, 0) is 6.42 Å². The maximum Gasteiger partial charge on any atom is 0.130 e. The van der Waals surface area contributed by atoms with Crippen LogP contribution in [0.15, 0.2) is 84.9 Å². The minimum Gasteiger partial charge on any atom is -0.206 e. The number of rotatable bonds is 9. The van der Waals surface area contributed by atoms with Crippen LogP contribution in [0.2, 0.25) is 0 Å². The summed E-state index contributed by atoms with van der Waals surface area (Å²) in [6.07, 6.45) is 17.1. The van der Waals surface area contributed by atoms with E-state index in [4.69, 9.17) is 0 Å². The van der Waals surface area contributed by atoms with Gasteiger partial charge in [0.25, 0.3) is 0 Å². The van der Waals surface area contributed by atoms with Gasteiger partial charge in [0.2, 0.25) is 0 Å². The van der Waals surface area contributed by atoms with Gasteiger partial charge in [-0.3, -0.25) is 0 Å². The molecule has 1 heteroatoms. The van der Waals surface area contributed by atoms with E-state index in [2.05, 4.69) is 80.6 Å². The van der Waals surface area contributed by atoms with E-state index in [0.717, 1.165) is 23.5 Å². The van der Waals surface area contributed by atoms with Crippen molar-refractivity contribution < 1.29 is 4.39 Å². The molecule has 0 bridgehead atoms. The Morgan fingerprint density at radius 1 is 0.886 bits per heavy atom. The van der Waals surface area contributed by atoms with Crippen molar-refractivity contribution >= 4 is 12.2 Å². The first-order valence-electron chi connectivity index (χ1n) is 13.3. The van der Waals surface area contributed by atoms with Crippen molar-refractivity contribution in [1.29, 1.82) is 0 Å². The average Bonchev–Trinajstić information content (AvgIpc) is 2.90.